The zero-order chi connectivity index (χ0) is 21.2. The summed E-state index contributed by atoms with van der Waals surface area (Å²) in [5.74, 6) is 0.417. The van der Waals surface area contributed by atoms with Crippen molar-refractivity contribution >= 4 is 11.8 Å². The summed E-state index contributed by atoms with van der Waals surface area (Å²) in [5, 5.41) is 2.84. The third-order valence-electron chi connectivity index (χ3n) is 5.28. The highest BCUT2D eigenvalue weighted by Crippen LogP contribution is 2.16. The van der Waals surface area contributed by atoms with Crippen molar-refractivity contribution in [3.63, 3.8) is 0 Å². The average molecular weight is 395 g/mol. The van der Waals surface area contributed by atoms with Crippen LogP contribution < -0.4 is 5.32 Å². The van der Waals surface area contributed by atoms with E-state index >= 15 is 0 Å². The monoisotopic (exact) mass is 394 g/mol. The molecule has 2 aromatic rings. The van der Waals surface area contributed by atoms with E-state index in [9.17, 15) is 9.59 Å². The normalized spacial score (nSPS) is 11.9. The van der Waals surface area contributed by atoms with Gasteiger partial charge < -0.3 is 10.2 Å². The molecule has 0 saturated carbocycles. The molecule has 0 aliphatic rings. The fraction of sp³-hybridized carbons (Fsp3) is 0.440. The number of carbonyl (C=O) groups excluding carboxylic acids is 2. The molecule has 1 N–H and O–H groups in total. The largest absolute Gasteiger partial charge is 0.355 e. The summed E-state index contributed by atoms with van der Waals surface area (Å²) in [5.41, 5.74) is 3.61. The number of hydrogen-bond acceptors (Lipinski definition) is 2. The van der Waals surface area contributed by atoms with Crippen LogP contribution in [0.5, 0.6) is 0 Å². The molecule has 0 heterocycles. The second-order valence-corrected chi connectivity index (χ2v) is 7.79. The van der Waals surface area contributed by atoms with E-state index in [4.69, 9.17) is 0 Å². The van der Waals surface area contributed by atoms with Gasteiger partial charge in [-0.15, -0.1) is 0 Å². The van der Waals surface area contributed by atoms with Crippen molar-refractivity contribution in [1.82, 2.24) is 10.2 Å². The molecule has 0 unspecified atom stereocenters. The van der Waals surface area contributed by atoms with Crippen molar-refractivity contribution in [2.75, 3.05) is 13.1 Å². The summed E-state index contributed by atoms with van der Waals surface area (Å²) in [6, 6.07) is 18.1. The van der Waals surface area contributed by atoms with Gasteiger partial charge in [0.2, 0.25) is 11.8 Å². The second kappa shape index (κ2) is 11.4. The lowest BCUT2D eigenvalue weighted by molar-refractivity contribution is -0.139. The Morgan fingerprint density at radius 3 is 2.10 bits per heavy atom. The highest BCUT2D eigenvalue weighted by atomic mass is 16.2. The zero-order valence-corrected chi connectivity index (χ0v) is 18.2. The number of nitrogens with one attached hydrogen (secondary N) is 1. The van der Waals surface area contributed by atoms with Crippen LogP contribution in [-0.4, -0.2) is 35.8 Å². The maximum absolute atomic E-state index is 13.0. The van der Waals surface area contributed by atoms with Crippen molar-refractivity contribution in [3.8, 4) is 0 Å². The standard InChI is InChI=1S/C25H34N2O2/c1-5-26-25(29)20(4)27(18-17-21-9-7-6-8-10-21)24(28)16-13-22-11-14-23(15-12-22)19(2)3/h6-12,14-15,19-20H,5,13,16-18H2,1-4H3,(H,26,29)/t20-/m1/s1. The van der Waals surface area contributed by atoms with Crippen LogP contribution in [0, 0.1) is 0 Å². The molecular weight excluding hydrogens is 360 g/mol. The molecule has 2 aromatic carbocycles. The van der Waals surface area contributed by atoms with E-state index in [1.165, 1.54) is 5.56 Å². The van der Waals surface area contributed by atoms with E-state index in [-0.39, 0.29) is 11.8 Å². The van der Waals surface area contributed by atoms with E-state index < -0.39 is 6.04 Å². The topological polar surface area (TPSA) is 49.4 Å². The molecule has 0 saturated heterocycles. The first kappa shape index (κ1) is 22.7. The van der Waals surface area contributed by atoms with Crippen LogP contribution in [0.25, 0.3) is 0 Å². The molecule has 0 bridgehead atoms. The quantitative estimate of drug-likeness (QED) is 0.652. The van der Waals surface area contributed by atoms with E-state index in [1.54, 1.807) is 4.90 Å². The third-order valence-corrected chi connectivity index (χ3v) is 5.28. The number of rotatable bonds is 10. The van der Waals surface area contributed by atoms with Crippen LogP contribution in [0.2, 0.25) is 0 Å². The highest BCUT2D eigenvalue weighted by molar-refractivity contribution is 5.87. The number of hydrogen-bond donors (Lipinski definition) is 1. The van der Waals surface area contributed by atoms with Crippen molar-refractivity contribution in [1.29, 1.82) is 0 Å². The summed E-state index contributed by atoms with van der Waals surface area (Å²) < 4.78 is 0. The van der Waals surface area contributed by atoms with Gasteiger partial charge in [0.1, 0.15) is 6.04 Å². The number of benzene rings is 2. The summed E-state index contributed by atoms with van der Waals surface area (Å²) >= 11 is 0. The number of amides is 2. The smallest absolute Gasteiger partial charge is 0.242 e. The van der Waals surface area contributed by atoms with Gasteiger partial charge in [-0.05, 0) is 49.3 Å². The van der Waals surface area contributed by atoms with Gasteiger partial charge in [0, 0.05) is 19.5 Å². The van der Waals surface area contributed by atoms with Crippen LogP contribution in [0.4, 0.5) is 0 Å². The van der Waals surface area contributed by atoms with Gasteiger partial charge in [0.25, 0.3) is 0 Å². The SMILES string of the molecule is CCNC(=O)[C@@H](C)N(CCc1ccccc1)C(=O)CCc1ccc(C(C)C)cc1. The molecule has 0 aliphatic heterocycles. The van der Waals surface area contributed by atoms with Crippen molar-refractivity contribution in [3.05, 3.63) is 71.3 Å². The summed E-state index contributed by atoms with van der Waals surface area (Å²) in [4.78, 5) is 27.1. The van der Waals surface area contributed by atoms with Gasteiger partial charge in [-0.3, -0.25) is 9.59 Å². The molecule has 0 fully saturated rings. The maximum Gasteiger partial charge on any atom is 0.242 e. The van der Waals surface area contributed by atoms with Crippen LogP contribution in [-0.2, 0) is 22.4 Å². The minimum atomic E-state index is -0.477. The minimum Gasteiger partial charge on any atom is -0.355 e. The Hall–Kier alpha value is -2.62. The van der Waals surface area contributed by atoms with Gasteiger partial charge in [-0.1, -0.05) is 68.4 Å². The molecule has 0 aliphatic carbocycles. The number of aryl methyl sites for hydroxylation is 1. The fourth-order valence-electron chi connectivity index (χ4n) is 3.36. The van der Waals surface area contributed by atoms with Gasteiger partial charge in [0.15, 0.2) is 0 Å². The predicted molar refractivity (Wildman–Crippen MR) is 119 cm³/mol. The first-order chi connectivity index (χ1) is 13.9. The summed E-state index contributed by atoms with van der Waals surface area (Å²) in [7, 11) is 0. The molecule has 2 amide bonds. The first-order valence-corrected chi connectivity index (χ1v) is 10.6. The van der Waals surface area contributed by atoms with Crippen LogP contribution in [0.15, 0.2) is 54.6 Å². The van der Waals surface area contributed by atoms with Crippen molar-refractivity contribution in [2.45, 2.75) is 58.9 Å². The second-order valence-electron chi connectivity index (χ2n) is 7.79. The minimum absolute atomic E-state index is 0.0209. The van der Waals surface area contributed by atoms with Gasteiger partial charge >= 0.3 is 0 Å². The molecule has 29 heavy (non-hydrogen) atoms. The van der Waals surface area contributed by atoms with Gasteiger partial charge in [-0.25, -0.2) is 0 Å². The molecule has 0 spiro atoms. The Morgan fingerprint density at radius 1 is 0.897 bits per heavy atom. The lowest BCUT2D eigenvalue weighted by Crippen LogP contribution is -2.48. The summed E-state index contributed by atoms with van der Waals surface area (Å²) in [6.07, 6.45) is 1.82. The van der Waals surface area contributed by atoms with Crippen LogP contribution >= 0.6 is 0 Å². The predicted octanol–water partition coefficient (Wildman–Crippen LogP) is 4.34. The molecule has 156 valence electrons. The van der Waals surface area contributed by atoms with E-state index in [2.05, 4.69) is 55.6 Å². The molecule has 0 radical (unpaired) electrons. The third kappa shape index (κ3) is 7.04. The van der Waals surface area contributed by atoms with Crippen LogP contribution in [0.1, 0.15) is 56.7 Å². The van der Waals surface area contributed by atoms with Crippen LogP contribution in [0.3, 0.4) is 0 Å². The Kier molecular flexibility index (Phi) is 8.91. The number of carbonyl (C=O) groups is 2. The van der Waals surface area contributed by atoms with Gasteiger partial charge in [-0.2, -0.15) is 0 Å². The molecule has 1 atom stereocenters. The first-order valence-electron chi connectivity index (χ1n) is 10.6. The van der Waals surface area contributed by atoms with E-state index in [0.717, 1.165) is 17.5 Å². The maximum atomic E-state index is 13.0. The highest BCUT2D eigenvalue weighted by Gasteiger charge is 2.25. The fourth-order valence-corrected chi connectivity index (χ4v) is 3.36. The molecule has 4 heteroatoms. The lowest BCUT2D eigenvalue weighted by Gasteiger charge is -2.28. The van der Waals surface area contributed by atoms with Crippen molar-refractivity contribution < 1.29 is 9.59 Å². The number of nitrogens with zero attached hydrogens (tertiary/aromatic N) is 1. The van der Waals surface area contributed by atoms with Crippen molar-refractivity contribution in [2.24, 2.45) is 0 Å². The Bertz CT molecular complexity index is 769. The van der Waals surface area contributed by atoms with E-state index in [0.29, 0.717) is 31.8 Å². The van der Waals surface area contributed by atoms with E-state index in [1.807, 2.05) is 32.0 Å². The molecule has 2 rings (SSSR count). The Balaban J connectivity index is 2.03. The Morgan fingerprint density at radius 2 is 1.52 bits per heavy atom. The summed E-state index contributed by atoms with van der Waals surface area (Å²) in [6.45, 7) is 9.14. The average Bonchev–Trinajstić information content (AvgIpc) is 2.73. The zero-order valence-electron chi connectivity index (χ0n) is 18.2. The Labute approximate surface area is 175 Å². The molecule has 0 aromatic heterocycles. The van der Waals surface area contributed by atoms with Gasteiger partial charge in [0.05, 0.1) is 0 Å². The number of likely N-dealkylation sites (N-methyl/N-ethyl adjacent to an activating group) is 1. The molecule has 4 nitrogen and oxygen atoms in total. The lowest BCUT2D eigenvalue weighted by atomic mass is 10.00. The molecular formula is C25H34N2O2.